The highest BCUT2D eigenvalue weighted by Gasteiger charge is 2.44. The summed E-state index contributed by atoms with van der Waals surface area (Å²) >= 11 is 0. The standard InChI is InChI=1S/C17H20N2O4S/c1-11-6-9-15(14-5-4-10-18-16(11)14)24(21,22)19(13-7-8-13)12(2)17(20)23-3/h4-6,9-10,12-13H,7-8H2,1-3H3. The molecule has 3 rings (SSSR count). The molecular weight excluding hydrogens is 328 g/mol. The van der Waals surface area contributed by atoms with E-state index in [1.54, 1.807) is 37.4 Å². The minimum Gasteiger partial charge on any atom is -0.468 e. The Morgan fingerprint density at radius 1 is 1.33 bits per heavy atom. The second-order valence-corrected chi connectivity index (χ2v) is 7.86. The maximum atomic E-state index is 13.3. The first-order valence-corrected chi connectivity index (χ1v) is 9.27. The van der Waals surface area contributed by atoms with Crippen LogP contribution in [-0.4, -0.2) is 42.9 Å². The maximum Gasteiger partial charge on any atom is 0.323 e. The third kappa shape index (κ3) is 2.78. The average molecular weight is 348 g/mol. The van der Waals surface area contributed by atoms with Crippen LogP contribution in [0.5, 0.6) is 0 Å². The summed E-state index contributed by atoms with van der Waals surface area (Å²) in [4.78, 5) is 16.4. The number of hydrogen-bond donors (Lipinski definition) is 0. The Labute approximate surface area is 141 Å². The van der Waals surface area contributed by atoms with Crippen molar-refractivity contribution in [1.82, 2.24) is 9.29 Å². The molecule has 1 atom stereocenters. The quantitative estimate of drug-likeness (QED) is 0.775. The minimum atomic E-state index is -3.84. The molecule has 0 aliphatic heterocycles. The van der Waals surface area contributed by atoms with Crippen LogP contribution in [0.2, 0.25) is 0 Å². The Kier molecular flexibility index (Phi) is 4.31. The molecule has 1 aliphatic rings. The number of benzene rings is 1. The topological polar surface area (TPSA) is 76.6 Å². The van der Waals surface area contributed by atoms with Crippen LogP contribution >= 0.6 is 0 Å². The summed E-state index contributed by atoms with van der Waals surface area (Å²) in [7, 11) is -2.58. The van der Waals surface area contributed by atoms with Gasteiger partial charge in [-0.15, -0.1) is 0 Å². The molecule has 7 heteroatoms. The van der Waals surface area contributed by atoms with E-state index in [-0.39, 0.29) is 10.9 Å². The predicted octanol–water partition coefficient (Wildman–Crippen LogP) is 2.26. The molecule has 0 saturated heterocycles. The van der Waals surface area contributed by atoms with Crippen LogP contribution in [-0.2, 0) is 19.6 Å². The molecule has 0 amide bonds. The van der Waals surface area contributed by atoms with Gasteiger partial charge < -0.3 is 4.74 Å². The molecule has 1 aliphatic carbocycles. The van der Waals surface area contributed by atoms with Gasteiger partial charge in [-0.3, -0.25) is 9.78 Å². The minimum absolute atomic E-state index is 0.155. The number of esters is 1. The average Bonchev–Trinajstić information content (AvgIpc) is 3.39. The molecule has 0 N–H and O–H groups in total. The second kappa shape index (κ2) is 6.14. The van der Waals surface area contributed by atoms with Crippen LogP contribution in [0.1, 0.15) is 25.3 Å². The molecule has 0 radical (unpaired) electrons. The number of aromatic nitrogens is 1. The second-order valence-electron chi connectivity index (χ2n) is 6.05. The molecule has 128 valence electrons. The van der Waals surface area contributed by atoms with E-state index in [1.807, 2.05) is 6.92 Å². The molecule has 6 nitrogen and oxygen atoms in total. The molecule has 24 heavy (non-hydrogen) atoms. The van der Waals surface area contributed by atoms with Crippen molar-refractivity contribution in [2.45, 2.75) is 43.7 Å². The van der Waals surface area contributed by atoms with Crippen molar-refractivity contribution in [3.63, 3.8) is 0 Å². The predicted molar refractivity (Wildman–Crippen MR) is 90.0 cm³/mol. The van der Waals surface area contributed by atoms with Gasteiger partial charge in [-0.2, -0.15) is 4.31 Å². The van der Waals surface area contributed by atoms with E-state index in [9.17, 15) is 13.2 Å². The van der Waals surface area contributed by atoms with Crippen LogP contribution in [0.25, 0.3) is 10.9 Å². The van der Waals surface area contributed by atoms with E-state index in [1.165, 1.54) is 11.4 Å². The van der Waals surface area contributed by atoms with E-state index in [2.05, 4.69) is 4.98 Å². The van der Waals surface area contributed by atoms with E-state index in [4.69, 9.17) is 4.74 Å². The number of ether oxygens (including phenoxy) is 1. The van der Waals surface area contributed by atoms with E-state index in [0.717, 1.165) is 18.4 Å². The van der Waals surface area contributed by atoms with Gasteiger partial charge in [0.05, 0.1) is 17.5 Å². The fourth-order valence-electron chi connectivity index (χ4n) is 2.95. The summed E-state index contributed by atoms with van der Waals surface area (Å²) in [6, 6.07) is 5.78. The van der Waals surface area contributed by atoms with Gasteiger partial charge in [0.2, 0.25) is 10.0 Å². The zero-order valence-electron chi connectivity index (χ0n) is 13.9. The van der Waals surface area contributed by atoms with Gasteiger partial charge in [0.1, 0.15) is 6.04 Å². The first-order valence-electron chi connectivity index (χ1n) is 7.83. The lowest BCUT2D eigenvalue weighted by Crippen LogP contribution is -2.45. The monoisotopic (exact) mass is 348 g/mol. The van der Waals surface area contributed by atoms with Crippen molar-refractivity contribution in [1.29, 1.82) is 0 Å². The van der Waals surface area contributed by atoms with Crippen LogP contribution in [0.3, 0.4) is 0 Å². The van der Waals surface area contributed by atoms with Crippen molar-refractivity contribution in [2.24, 2.45) is 0 Å². The van der Waals surface area contributed by atoms with Gasteiger partial charge >= 0.3 is 5.97 Å². The number of pyridine rings is 1. The Morgan fingerprint density at radius 3 is 2.67 bits per heavy atom. The van der Waals surface area contributed by atoms with Gasteiger partial charge in [0.25, 0.3) is 0 Å². The molecule has 2 aromatic rings. The fraction of sp³-hybridized carbons (Fsp3) is 0.412. The van der Waals surface area contributed by atoms with Gasteiger partial charge in [-0.05, 0) is 50.5 Å². The van der Waals surface area contributed by atoms with Crippen LogP contribution < -0.4 is 0 Å². The number of hydrogen-bond acceptors (Lipinski definition) is 5. The molecule has 1 saturated carbocycles. The van der Waals surface area contributed by atoms with Crippen molar-refractivity contribution in [3.8, 4) is 0 Å². The summed E-state index contributed by atoms with van der Waals surface area (Å²) in [5, 5.41) is 0.570. The van der Waals surface area contributed by atoms with E-state index >= 15 is 0 Å². The van der Waals surface area contributed by atoms with Gasteiger partial charge in [-0.25, -0.2) is 8.42 Å². The molecule has 1 unspecified atom stereocenters. The number of sulfonamides is 1. The molecule has 0 spiro atoms. The molecule has 0 bridgehead atoms. The van der Waals surface area contributed by atoms with Gasteiger partial charge in [0, 0.05) is 17.6 Å². The SMILES string of the molecule is COC(=O)C(C)N(C1CC1)S(=O)(=O)c1ccc(C)c2ncccc12. The first-order chi connectivity index (χ1) is 11.4. The lowest BCUT2D eigenvalue weighted by molar-refractivity contribution is -0.144. The summed E-state index contributed by atoms with van der Waals surface area (Å²) in [5.74, 6) is -0.556. The first kappa shape index (κ1) is 16.9. The lowest BCUT2D eigenvalue weighted by Gasteiger charge is -2.27. The number of methoxy groups -OCH3 is 1. The number of rotatable bonds is 5. The Morgan fingerprint density at radius 2 is 2.04 bits per heavy atom. The molecule has 1 aromatic carbocycles. The summed E-state index contributed by atoms with van der Waals surface area (Å²) in [6.45, 7) is 3.46. The molecule has 1 aromatic heterocycles. The van der Waals surface area contributed by atoms with Crippen molar-refractivity contribution in [2.75, 3.05) is 7.11 Å². The highest BCUT2D eigenvalue weighted by molar-refractivity contribution is 7.89. The fourth-order valence-corrected chi connectivity index (χ4v) is 4.97. The highest BCUT2D eigenvalue weighted by Crippen LogP contribution is 2.36. The third-order valence-corrected chi connectivity index (χ3v) is 6.40. The molecule has 1 fully saturated rings. The number of carbonyl (C=O) groups excluding carboxylic acids is 1. The van der Waals surface area contributed by atoms with Crippen molar-refractivity contribution < 1.29 is 17.9 Å². The highest BCUT2D eigenvalue weighted by atomic mass is 32.2. The van der Waals surface area contributed by atoms with Crippen LogP contribution in [0.15, 0.2) is 35.4 Å². The van der Waals surface area contributed by atoms with Crippen LogP contribution in [0, 0.1) is 6.92 Å². The summed E-state index contributed by atoms with van der Waals surface area (Å²) < 4.78 is 32.6. The molecule has 1 heterocycles. The van der Waals surface area contributed by atoms with E-state index < -0.39 is 22.0 Å². The smallest absolute Gasteiger partial charge is 0.323 e. The number of aryl methyl sites for hydroxylation is 1. The van der Waals surface area contributed by atoms with E-state index in [0.29, 0.717) is 10.9 Å². The number of carbonyl (C=O) groups is 1. The Bertz CT molecular complexity index is 891. The zero-order valence-corrected chi connectivity index (χ0v) is 14.7. The van der Waals surface area contributed by atoms with Gasteiger partial charge in [-0.1, -0.05) is 6.07 Å². The Balaban J connectivity index is 2.16. The lowest BCUT2D eigenvalue weighted by atomic mass is 10.1. The van der Waals surface area contributed by atoms with Crippen molar-refractivity contribution >= 4 is 26.9 Å². The van der Waals surface area contributed by atoms with Crippen molar-refractivity contribution in [3.05, 3.63) is 36.0 Å². The maximum absolute atomic E-state index is 13.3. The molecular formula is C17H20N2O4S. The summed E-state index contributed by atoms with van der Waals surface area (Å²) in [5.41, 5.74) is 1.56. The number of fused-ring (bicyclic) bond motifs is 1. The normalized spacial score (nSPS) is 16.3. The van der Waals surface area contributed by atoms with Crippen LogP contribution in [0.4, 0.5) is 0 Å². The number of nitrogens with zero attached hydrogens (tertiary/aromatic N) is 2. The third-order valence-electron chi connectivity index (χ3n) is 4.32. The largest absolute Gasteiger partial charge is 0.468 e. The zero-order chi connectivity index (χ0) is 17.5. The van der Waals surface area contributed by atoms with Gasteiger partial charge in [0.15, 0.2) is 0 Å². The Hall–Kier alpha value is -1.99. The summed E-state index contributed by atoms with van der Waals surface area (Å²) in [6.07, 6.45) is 3.15.